The topological polar surface area (TPSA) is 59.4 Å². The Bertz CT molecular complexity index is 557. The van der Waals surface area contributed by atoms with Gasteiger partial charge in [0, 0.05) is 12.3 Å². The fourth-order valence-corrected chi connectivity index (χ4v) is 1.29. The van der Waals surface area contributed by atoms with Crippen molar-refractivity contribution in [2.24, 2.45) is 0 Å². The van der Waals surface area contributed by atoms with Gasteiger partial charge in [-0.05, 0) is 24.3 Å². The number of rotatable bonds is 3. The van der Waals surface area contributed by atoms with E-state index in [0.717, 1.165) is 0 Å². The lowest BCUT2D eigenvalue weighted by atomic mass is 10.3. The monoisotopic (exact) mass is 233 g/mol. The Morgan fingerprint density at radius 1 is 1.29 bits per heavy atom. The molecular formula is C12H8FNO3. The predicted octanol–water partition coefficient (Wildman–Crippen LogP) is 2.71. The maximum absolute atomic E-state index is 12.9. The Balaban J connectivity index is 2.33. The molecule has 2 aromatic rings. The largest absolute Gasteiger partial charge is 0.476 e. The summed E-state index contributed by atoms with van der Waals surface area (Å²) < 4.78 is 18.2. The second-order valence-electron chi connectivity index (χ2n) is 3.21. The number of benzene rings is 1. The molecule has 0 aliphatic rings. The number of aromatic nitrogens is 1. The number of carboxylic acids is 1. The van der Waals surface area contributed by atoms with Crippen LogP contribution in [0.3, 0.4) is 0 Å². The van der Waals surface area contributed by atoms with Gasteiger partial charge in [-0.1, -0.05) is 6.07 Å². The van der Waals surface area contributed by atoms with Crippen LogP contribution < -0.4 is 4.74 Å². The Morgan fingerprint density at radius 3 is 2.82 bits per heavy atom. The average molecular weight is 233 g/mol. The molecule has 0 aliphatic carbocycles. The second kappa shape index (κ2) is 4.61. The van der Waals surface area contributed by atoms with Crippen molar-refractivity contribution in [2.45, 2.75) is 0 Å². The van der Waals surface area contributed by atoms with Gasteiger partial charge in [0.05, 0.1) is 0 Å². The lowest BCUT2D eigenvalue weighted by Gasteiger charge is -2.07. The molecule has 0 atom stereocenters. The maximum Gasteiger partial charge on any atom is 0.358 e. The molecule has 17 heavy (non-hydrogen) atoms. The first-order valence-corrected chi connectivity index (χ1v) is 4.78. The molecule has 1 heterocycles. The van der Waals surface area contributed by atoms with E-state index in [1.165, 1.54) is 36.5 Å². The number of pyridine rings is 1. The third-order valence-electron chi connectivity index (χ3n) is 2.00. The first kappa shape index (κ1) is 11.1. The van der Waals surface area contributed by atoms with Crippen LogP contribution in [-0.4, -0.2) is 16.1 Å². The SMILES string of the molecule is O=C(O)c1ncccc1Oc1cccc(F)c1. The van der Waals surface area contributed by atoms with Crippen molar-refractivity contribution in [3.63, 3.8) is 0 Å². The van der Waals surface area contributed by atoms with E-state index in [4.69, 9.17) is 9.84 Å². The predicted molar refractivity (Wildman–Crippen MR) is 57.7 cm³/mol. The second-order valence-corrected chi connectivity index (χ2v) is 3.21. The van der Waals surface area contributed by atoms with Crippen LogP contribution in [0.5, 0.6) is 11.5 Å². The zero-order chi connectivity index (χ0) is 12.3. The number of hydrogen-bond acceptors (Lipinski definition) is 3. The van der Waals surface area contributed by atoms with Crippen LogP contribution in [0.2, 0.25) is 0 Å². The molecule has 5 heteroatoms. The van der Waals surface area contributed by atoms with E-state index < -0.39 is 11.8 Å². The lowest BCUT2D eigenvalue weighted by Crippen LogP contribution is -2.02. The summed E-state index contributed by atoms with van der Waals surface area (Å²) in [6, 6.07) is 8.44. The van der Waals surface area contributed by atoms with Crippen molar-refractivity contribution in [1.82, 2.24) is 4.98 Å². The molecule has 0 saturated carbocycles. The molecule has 0 saturated heterocycles. The van der Waals surface area contributed by atoms with E-state index >= 15 is 0 Å². The number of nitrogens with zero attached hydrogens (tertiary/aromatic N) is 1. The van der Waals surface area contributed by atoms with Crippen LogP contribution >= 0.6 is 0 Å². The van der Waals surface area contributed by atoms with Crippen molar-refractivity contribution in [2.75, 3.05) is 0 Å². The van der Waals surface area contributed by atoms with Gasteiger partial charge in [0.25, 0.3) is 0 Å². The minimum absolute atomic E-state index is 0.0746. The van der Waals surface area contributed by atoms with E-state index in [2.05, 4.69) is 4.98 Å². The molecule has 0 fully saturated rings. The third kappa shape index (κ3) is 2.57. The smallest absolute Gasteiger partial charge is 0.358 e. The molecule has 0 unspecified atom stereocenters. The van der Waals surface area contributed by atoms with E-state index in [0.29, 0.717) is 0 Å². The molecule has 0 amide bonds. The Labute approximate surface area is 96.3 Å². The lowest BCUT2D eigenvalue weighted by molar-refractivity contribution is 0.0687. The molecule has 0 bridgehead atoms. The number of ether oxygens (including phenoxy) is 1. The standard InChI is InChI=1S/C12H8FNO3/c13-8-3-1-4-9(7-8)17-10-5-2-6-14-11(10)12(15)16/h1-7H,(H,15,16). The van der Waals surface area contributed by atoms with E-state index in [1.54, 1.807) is 6.07 Å². The minimum atomic E-state index is -1.20. The quantitative estimate of drug-likeness (QED) is 0.885. The van der Waals surface area contributed by atoms with Gasteiger partial charge in [0.15, 0.2) is 11.4 Å². The van der Waals surface area contributed by atoms with Crippen LogP contribution in [0.15, 0.2) is 42.6 Å². The van der Waals surface area contributed by atoms with Gasteiger partial charge in [-0.25, -0.2) is 14.2 Å². The fourth-order valence-electron chi connectivity index (χ4n) is 1.29. The highest BCUT2D eigenvalue weighted by atomic mass is 19.1. The van der Waals surface area contributed by atoms with Crippen LogP contribution in [0.1, 0.15) is 10.5 Å². The van der Waals surface area contributed by atoms with Gasteiger partial charge in [0.1, 0.15) is 11.6 Å². The van der Waals surface area contributed by atoms with Crippen molar-refractivity contribution < 1.29 is 19.0 Å². The fraction of sp³-hybridized carbons (Fsp3) is 0. The Morgan fingerprint density at radius 2 is 2.12 bits per heavy atom. The van der Waals surface area contributed by atoms with Gasteiger partial charge in [-0.3, -0.25) is 0 Å². The molecule has 2 rings (SSSR count). The van der Waals surface area contributed by atoms with Crippen molar-refractivity contribution >= 4 is 5.97 Å². The molecule has 1 N–H and O–H groups in total. The van der Waals surface area contributed by atoms with Gasteiger partial charge >= 0.3 is 5.97 Å². The molecular weight excluding hydrogens is 225 g/mol. The van der Waals surface area contributed by atoms with Gasteiger partial charge in [-0.2, -0.15) is 0 Å². The maximum atomic E-state index is 12.9. The molecule has 0 spiro atoms. The Hall–Kier alpha value is -2.43. The summed E-state index contributed by atoms with van der Waals surface area (Å²) >= 11 is 0. The van der Waals surface area contributed by atoms with Crippen LogP contribution in [0, 0.1) is 5.82 Å². The van der Waals surface area contributed by atoms with Crippen molar-refractivity contribution in [1.29, 1.82) is 0 Å². The summed E-state index contributed by atoms with van der Waals surface area (Å²) in [6.45, 7) is 0. The summed E-state index contributed by atoms with van der Waals surface area (Å²) in [6.07, 6.45) is 1.35. The summed E-state index contributed by atoms with van der Waals surface area (Å²) in [7, 11) is 0. The molecule has 4 nitrogen and oxygen atoms in total. The van der Waals surface area contributed by atoms with Crippen molar-refractivity contribution in [3.05, 3.63) is 54.1 Å². The summed E-state index contributed by atoms with van der Waals surface area (Å²) in [5.74, 6) is -1.36. The minimum Gasteiger partial charge on any atom is -0.476 e. The summed E-state index contributed by atoms with van der Waals surface area (Å²) in [4.78, 5) is 14.5. The number of carbonyl (C=O) groups is 1. The summed E-state index contributed by atoms with van der Waals surface area (Å²) in [5.41, 5.74) is -0.211. The first-order chi connectivity index (χ1) is 8.16. The Kier molecular flexibility index (Phi) is 3.00. The van der Waals surface area contributed by atoms with E-state index in [1.807, 2.05) is 0 Å². The van der Waals surface area contributed by atoms with E-state index in [9.17, 15) is 9.18 Å². The van der Waals surface area contributed by atoms with E-state index in [-0.39, 0.29) is 17.2 Å². The molecule has 0 radical (unpaired) electrons. The molecule has 86 valence electrons. The first-order valence-electron chi connectivity index (χ1n) is 4.78. The van der Waals surface area contributed by atoms with Gasteiger partial charge < -0.3 is 9.84 Å². The number of carboxylic acid groups (broad SMARTS) is 1. The highest BCUT2D eigenvalue weighted by Gasteiger charge is 2.12. The normalized spacial score (nSPS) is 9.94. The molecule has 1 aromatic carbocycles. The van der Waals surface area contributed by atoms with Crippen LogP contribution in [0.25, 0.3) is 0 Å². The highest BCUT2D eigenvalue weighted by Crippen LogP contribution is 2.24. The highest BCUT2D eigenvalue weighted by molar-refractivity contribution is 5.88. The zero-order valence-corrected chi connectivity index (χ0v) is 8.63. The average Bonchev–Trinajstić information content (AvgIpc) is 2.29. The van der Waals surface area contributed by atoms with Crippen LogP contribution in [-0.2, 0) is 0 Å². The molecule has 0 aliphatic heterocycles. The van der Waals surface area contributed by atoms with Gasteiger partial charge in [-0.15, -0.1) is 0 Å². The van der Waals surface area contributed by atoms with Crippen LogP contribution in [0.4, 0.5) is 4.39 Å². The van der Waals surface area contributed by atoms with Crippen molar-refractivity contribution in [3.8, 4) is 11.5 Å². The number of aromatic carboxylic acids is 1. The number of halogens is 1. The molecule has 1 aromatic heterocycles. The zero-order valence-electron chi connectivity index (χ0n) is 8.63. The summed E-state index contributed by atoms with van der Waals surface area (Å²) in [5, 5.41) is 8.88. The third-order valence-corrected chi connectivity index (χ3v) is 2.00. The van der Waals surface area contributed by atoms with Gasteiger partial charge in [0.2, 0.25) is 0 Å². The number of hydrogen-bond donors (Lipinski definition) is 1.